The average Bonchev–Trinajstić information content (AvgIpc) is 2.37. The molecule has 0 saturated carbocycles. The molecule has 0 atom stereocenters. The van der Waals surface area contributed by atoms with E-state index in [9.17, 15) is 18.3 Å². The molecule has 0 aliphatic carbocycles. The standard InChI is InChI=1S/C13H9ClF3NO/c14-12-6-5-9(11(7-19)18-12)8-3-1-2-4-10(8)13(15,16)17/h1-6,19H,7H2. The predicted octanol–water partition coefficient (Wildman–Crippen LogP) is 3.91. The number of rotatable bonds is 2. The van der Waals surface area contributed by atoms with Gasteiger partial charge in [-0.05, 0) is 23.8 Å². The third kappa shape index (κ3) is 2.88. The van der Waals surface area contributed by atoms with Crippen molar-refractivity contribution in [3.05, 3.63) is 52.8 Å². The van der Waals surface area contributed by atoms with Crippen LogP contribution in [0.15, 0.2) is 36.4 Å². The summed E-state index contributed by atoms with van der Waals surface area (Å²) in [6.45, 7) is -0.484. The Morgan fingerprint density at radius 2 is 1.74 bits per heavy atom. The highest BCUT2D eigenvalue weighted by molar-refractivity contribution is 6.29. The zero-order valence-corrected chi connectivity index (χ0v) is 10.3. The normalized spacial score (nSPS) is 11.6. The van der Waals surface area contributed by atoms with Crippen LogP contribution in [0.5, 0.6) is 0 Å². The number of aromatic nitrogens is 1. The second-order valence-electron chi connectivity index (χ2n) is 3.83. The Labute approximate surface area is 112 Å². The Morgan fingerprint density at radius 3 is 2.37 bits per heavy atom. The number of hydrogen-bond donors (Lipinski definition) is 1. The van der Waals surface area contributed by atoms with Gasteiger partial charge in [0.05, 0.1) is 17.9 Å². The maximum Gasteiger partial charge on any atom is 0.417 e. The number of halogens is 4. The van der Waals surface area contributed by atoms with Gasteiger partial charge in [-0.25, -0.2) is 4.98 Å². The minimum absolute atomic E-state index is 0.0248. The topological polar surface area (TPSA) is 33.1 Å². The zero-order valence-electron chi connectivity index (χ0n) is 9.58. The van der Waals surface area contributed by atoms with Gasteiger partial charge in [-0.2, -0.15) is 13.2 Å². The number of aliphatic hydroxyl groups excluding tert-OH is 1. The molecule has 0 bridgehead atoms. The van der Waals surface area contributed by atoms with E-state index in [1.807, 2.05) is 0 Å². The first-order valence-corrected chi connectivity index (χ1v) is 5.74. The van der Waals surface area contributed by atoms with Gasteiger partial charge in [0.2, 0.25) is 0 Å². The zero-order chi connectivity index (χ0) is 14.0. The lowest BCUT2D eigenvalue weighted by atomic mass is 9.98. The quantitative estimate of drug-likeness (QED) is 0.850. The summed E-state index contributed by atoms with van der Waals surface area (Å²) in [6.07, 6.45) is -4.47. The lowest BCUT2D eigenvalue weighted by Crippen LogP contribution is -2.08. The highest BCUT2D eigenvalue weighted by atomic mass is 35.5. The van der Waals surface area contributed by atoms with Crippen LogP contribution in [0.3, 0.4) is 0 Å². The van der Waals surface area contributed by atoms with Gasteiger partial charge < -0.3 is 5.11 Å². The second-order valence-corrected chi connectivity index (χ2v) is 4.22. The van der Waals surface area contributed by atoms with Crippen LogP contribution in [-0.4, -0.2) is 10.1 Å². The number of benzene rings is 1. The Kier molecular flexibility index (Phi) is 3.78. The number of aliphatic hydroxyl groups is 1. The lowest BCUT2D eigenvalue weighted by molar-refractivity contribution is -0.137. The Bertz CT molecular complexity index is 599. The van der Waals surface area contributed by atoms with Crippen LogP contribution in [0, 0.1) is 0 Å². The molecule has 0 radical (unpaired) electrons. The Hall–Kier alpha value is -1.59. The molecular formula is C13H9ClF3NO. The average molecular weight is 288 g/mol. The van der Waals surface area contributed by atoms with Gasteiger partial charge >= 0.3 is 6.18 Å². The highest BCUT2D eigenvalue weighted by Crippen LogP contribution is 2.37. The fourth-order valence-electron chi connectivity index (χ4n) is 1.81. The van der Waals surface area contributed by atoms with Crippen molar-refractivity contribution in [1.29, 1.82) is 0 Å². The van der Waals surface area contributed by atoms with E-state index in [0.29, 0.717) is 0 Å². The fourth-order valence-corrected chi connectivity index (χ4v) is 1.97. The van der Waals surface area contributed by atoms with E-state index < -0.39 is 18.3 Å². The first kappa shape index (κ1) is 13.8. The van der Waals surface area contributed by atoms with Crippen molar-refractivity contribution >= 4 is 11.6 Å². The fraction of sp³-hybridized carbons (Fsp3) is 0.154. The van der Waals surface area contributed by atoms with Crippen LogP contribution in [-0.2, 0) is 12.8 Å². The predicted molar refractivity (Wildman–Crippen MR) is 65.6 cm³/mol. The number of alkyl halides is 3. The molecule has 19 heavy (non-hydrogen) atoms. The van der Waals surface area contributed by atoms with Gasteiger partial charge in [-0.15, -0.1) is 0 Å². The first-order valence-electron chi connectivity index (χ1n) is 5.36. The molecule has 0 aliphatic heterocycles. The summed E-state index contributed by atoms with van der Waals surface area (Å²) in [4.78, 5) is 3.84. The van der Waals surface area contributed by atoms with E-state index in [4.69, 9.17) is 11.6 Å². The summed E-state index contributed by atoms with van der Waals surface area (Å²) >= 11 is 5.67. The molecule has 2 aromatic rings. The molecule has 2 rings (SSSR count). The molecule has 0 saturated heterocycles. The van der Waals surface area contributed by atoms with Gasteiger partial charge in [0.1, 0.15) is 5.15 Å². The van der Waals surface area contributed by atoms with Crippen LogP contribution in [0.4, 0.5) is 13.2 Å². The minimum Gasteiger partial charge on any atom is -0.390 e. The molecule has 0 aliphatic rings. The number of nitrogens with zero attached hydrogens (tertiary/aromatic N) is 1. The summed E-state index contributed by atoms with van der Waals surface area (Å²) in [5.74, 6) is 0. The molecule has 1 aromatic carbocycles. The van der Waals surface area contributed by atoms with Crippen molar-refractivity contribution < 1.29 is 18.3 Å². The maximum atomic E-state index is 12.9. The van der Waals surface area contributed by atoms with Crippen LogP contribution >= 0.6 is 11.6 Å². The largest absolute Gasteiger partial charge is 0.417 e. The molecule has 0 amide bonds. The molecule has 1 heterocycles. The smallest absolute Gasteiger partial charge is 0.390 e. The Morgan fingerprint density at radius 1 is 1.05 bits per heavy atom. The van der Waals surface area contributed by atoms with Gasteiger partial charge in [0, 0.05) is 5.56 Å². The molecule has 0 spiro atoms. The van der Waals surface area contributed by atoms with E-state index in [1.165, 1.54) is 30.3 Å². The van der Waals surface area contributed by atoms with Crippen molar-refractivity contribution in [2.24, 2.45) is 0 Å². The molecule has 100 valence electrons. The molecular weight excluding hydrogens is 279 g/mol. The molecule has 1 N–H and O–H groups in total. The van der Waals surface area contributed by atoms with E-state index in [1.54, 1.807) is 0 Å². The van der Waals surface area contributed by atoms with Crippen LogP contribution in [0.25, 0.3) is 11.1 Å². The van der Waals surface area contributed by atoms with Crippen molar-refractivity contribution in [3.63, 3.8) is 0 Å². The molecule has 1 aromatic heterocycles. The summed E-state index contributed by atoms with van der Waals surface area (Å²) < 4.78 is 38.8. The van der Waals surface area contributed by atoms with Gasteiger partial charge in [0.25, 0.3) is 0 Å². The highest BCUT2D eigenvalue weighted by Gasteiger charge is 2.33. The summed E-state index contributed by atoms with van der Waals surface area (Å²) in [5.41, 5.74) is -0.457. The molecule has 6 heteroatoms. The molecule has 0 fully saturated rings. The SMILES string of the molecule is OCc1nc(Cl)ccc1-c1ccccc1C(F)(F)F. The first-order chi connectivity index (χ1) is 8.93. The number of pyridine rings is 1. The van der Waals surface area contributed by atoms with Crippen LogP contribution in [0.1, 0.15) is 11.3 Å². The minimum atomic E-state index is -4.47. The van der Waals surface area contributed by atoms with Gasteiger partial charge in [-0.3, -0.25) is 0 Å². The lowest BCUT2D eigenvalue weighted by Gasteiger charge is -2.14. The van der Waals surface area contributed by atoms with Crippen molar-refractivity contribution in [2.75, 3.05) is 0 Å². The summed E-state index contributed by atoms with van der Waals surface area (Å²) in [6, 6.07) is 7.96. The van der Waals surface area contributed by atoms with E-state index in [-0.39, 0.29) is 22.0 Å². The second kappa shape index (κ2) is 5.19. The van der Waals surface area contributed by atoms with Crippen molar-refractivity contribution in [1.82, 2.24) is 4.98 Å². The molecule has 0 unspecified atom stereocenters. The van der Waals surface area contributed by atoms with Crippen LogP contribution < -0.4 is 0 Å². The third-order valence-corrected chi connectivity index (χ3v) is 2.82. The van der Waals surface area contributed by atoms with E-state index >= 15 is 0 Å². The summed E-state index contributed by atoms with van der Waals surface area (Å²) in [5, 5.41) is 9.32. The van der Waals surface area contributed by atoms with Crippen molar-refractivity contribution in [3.8, 4) is 11.1 Å². The van der Waals surface area contributed by atoms with Crippen molar-refractivity contribution in [2.45, 2.75) is 12.8 Å². The van der Waals surface area contributed by atoms with E-state index in [0.717, 1.165) is 6.07 Å². The monoisotopic (exact) mass is 287 g/mol. The van der Waals surface area contributed by atoms with E-state index in [2.05, 4.69) is 4.98 Å². The Balaban J connectivity index is 2.66. The van der Waals surface area contributed by atoms with Gasteiger partial charge in [-0.1, -0.05) is 29.8 Å². The summed E-state index contributed by atoms with van der Waals surface area (Å²) in [7, 11) is 0. The van der Waals surface area contributed by atoms with Crippen LogP contribution in [0.2, 0.25) is 5.15 Å². The number of hydrogen-bond acceptors (Lipinski definition) is 2. The third-order valence-electron chi connectivity index (χ3n) is 2.61. The maximum absolute atomic E-state index is 12.9. The van der Waals surface area contributed by atoms with Gasteiger partial charge in [0.15, 0.2) is 0 Å². The molecule has 2 nitrogen and oxygen atoms in total.